The van der Waals surface area contributed by atoms with Crippen LogP contribution >= 0.6 is 22.6 Å². The Kier molecular flexibility index (Phi) is 1.75. The highest BCUT2D eigenvalue weighted by atomic mass is 127. The largest absolute Gasteiger partial charge is 0.399 e. The molecule has 1 fully saturated rings. The van der Waals surface area contributed by atoms with E-state index in [-0.39, 0.29) is 0 Å². The van der Waals surface area contributed by atoms with Crippen LogP contribution in [0.1, 0.15) is 18.5 Å². The molecule has 1 aliphatic rings. The quantitative estimate of drug-likeness (QED) is 0.632. The maximum absolute atomic E-state index is 13.5. The molecule has 1 aromatic heterocycles. The van der Waals surface area contributed by atoms with Crippen LogP contribution in [-0.2, 0) is 5.67 Å². The molecule has 0 atom stereocenters. The van der Waals surface area contributed by atoms with Crippen LogP contribution in [0.3, 0.4) is 0 Å². The van der Waals surface area contributed by atoms with Gasteiger partial charge in [-0.25, -0.2) is 9.37 Å². The summed E-state index contributed by atoms with van der Waals surface area (Å²) in [5.74, 6) is 0. The normalized spacial score (nSPS) is 19.2. The maximum atomic E-state index is 13.5. The predicted molar refractivity (Wildman–Crippen MR) is 53.4 cm³/mol. The van der Waals surface area contributed by atoms with Crippen molar-refractivity contribution in [2.45, 2.75) is 18.5 Å². The third kappa shape index (κ3) is 1.39. The molecule has 4 heteroatoms. The van der Waals surface area contributed by atoms with Gasteiger partial charge in [-0.05, 0) is 47.6 Å². The van der Waals surface area contributed by atoms with E-state index in [1.807, 2.05) is 22.6 Å². The zero-order valence-corrected chi connectivity index (χ0v) is 8.51. The molecular weight excluding hydrogens is 270 g/mol. The molecule has 12 heavy (non-hydrogen) atoms. The maximum Gasteiger partial charge on any atom is 0.153 e. The standard InChI is InChI=1S/C8H8FIN2/c9-8(1-2-8)6-3-5(11)4-7(10)12-6/h3-4H,1-2H2,(H2,11,12). The molecule has 2 nitrogen and oxygen atoms in total. The lowest BCUT2D eigenvalue weighted by molar-refractivity contribution is 0.309. The second kappa shape index (κ2) is 2.55. The van der Waals surface area contributed by atoms with E-state index in [9.17, 15) is 4.39 Å². The van der Waals surface area contributed by atoms with Gasteiger partial charge in [0.25, 0.3) is 0 Å². The molecule has 0 unspecified atom stereocenters. The van der Waals surface area contributed by atoms with E-state index in [0.29, 0.717) is 24.2 Å². The van der Waals surface area contributed by atoms with E-state index in [4.69, 9.17) is 5.73 Å². The lowest BCUT2D eigenvalue weighted by Gasteiger charge is -2.05. The monoisotopic (exact) mass is 278 g/mol. The fraction of sp³-hybridized carbons (Fsp3) is 0.375. The molecule has 2 rings (SSSR count). The van der Waals surface area contributed by atoms with E-state index >= 15 is 0 Å². The molecule has 64 valence electrons. The predicted octanol–water partition coefficient (Wildman–Crippen LogP) is 2.23. The van der Waals surface area contributed by atoms with Crippen molar-refractivity contribution in [3.63, 3.8) is 0 Å². The van der Waals surface area contributed by atoms with E-state index < -0.39 is 5.67 Å². The zero-order valence-electron chi connectivity index (χ0n) is 6.35. The minimum atomic E-state index is -1.17. The van der Waals surface area contributed by atoms with Crippen LogP contribution in [0.25, 0.3) is 0 Å². The van der Waals surface area contributed by atoms with Crippen LogP contribution < -0.4 is 5.73 Å². The fourth-order valence-electron chi connectivity index (χ4n) is 1.11. The second-order valence-electron chi connectivity index (χ2n) is 3.07. The highest BCUT2D eigenvalue weighted by Gasteiger charge is 2.46. The number of hydrogen-bond acceptors (Lipinski definition) is 2. The Morgan fingerprint density at radius 3 is 2.67 bits per heavy atom. The molecule has 0 saturated heterocycles. The van der Waals surface area contributed by atoms with Crippen LogP contribution in [0.2, 0.25) is 0 Å². The lowest BCUT2D eigenvalue weighted by atomic mass is 10.2. The van der Waals surface area contributed by atoms with Crippen molar-refractivity contribution in [3.8, 4) is 0 Å². The summed E-state index contributed by atoms with van der Waals surface area (Å²) in [6.07, 6.45) is 1.17. The van der Waals surface area contributed by atoms with Crippen molar-refractivity contribution in [1.82, 2.24) is 4.98 Å². The first kappa shape index (κ1) is 8.22. The number of nitrogens with zero attached hydrogens (tertiary/aromatic N) is 1. The Morgan fingerprint density at radius 2 is 2.17 bits per heavy atom. The smallest absolute Gasteiger partial charge is 0.153 e. The Hall–Kier alpha value is -0.390. The van der Waals surface area contributed by atoms with Crippen molar-refractivity contribution in [3.05, 3.63) is 21.5 Å². The van der Waals surface area contributed by atoms with E-state index in [1.165, 1.54) is 0 Å². The Labute approximate surface area is 83.5 Å². The van der Waals surface area contributed by atoms with Crippen LogP contribution in [0, 0.1) is 3.70 Å². The second-order valence-corrected chi connectivity index (χ2v) is 4.18. The van der Waals surface area contributed by atoms with Gasteiger partial charge in [0, 0.05) is 5.69 Å². The van der Waals surface area contributed by atoms with Crippen LogP contribution in [0.4, 0.5) is 10.1 Å². The molecule has 1 aliphatic carbocycles. The Morgan fingerprint density at radius 1 is 1.50 bits per heavy atom. The molecule has 1 aromatic rings. The summed E-state index contributed by atoms with van der Waals surface area (Å²) in [7, 11) is 0. The first-order chi connectivity index (χ1) is 5.60. The number of nitrogen functional groups attached to an aromatic ring is 1. The molecule has 0 radical (unpaired) electrons. The number of alkyl halides is 1. The average Bonchev–Trinajstić information content (AvgIpc) is 2.67. The number of halogens is 2. The molecule has 1 heterocycles. The SMILES string of the molecule is Nc1cc(I)nc(C2(F)CC2)c1. The number of pyridine rings is 1. The van der Waals surface area contributed by atoms with Crippen molar-refractivity contribution in [1.29, 1.82) is 0 Å². The van der Waals surface area contributed by atoms with Gasteiger partial charge in [-0.3, -0.25) is 0 Å². The summed E-state index contributed by atoms with van der Waals surface area (Å²) in [4.78, 5) is 4.10. The number of rotatable bonds is 1. The molecule has 0 aromatic carbocycles. The van der Waals surface area contributed by atoms with Crippen LogP contribution in [0.5, 0.6) is 0 Å². The van der Waals surface area contributed by atoms with E-state index in [0.717, 1.165) is 3.70 Å². The summed E-state index contributed by atoms with van der Waals surface area (Å²) >= 11 is 2.04. The van der Waals surface area contributed by atoms with Crippen molar-refractivity contribution < 1.29 is 4.39 Å². The van der Waals surface area contributed by atoms with Gasteiger partial charge in [0.05, 0.1) is 5.69 Å². The summed E-state index contributed by atoms with van der Waals surface area (Å²) in [6, 6.07) is 3.35. The average molecular weight is 278 g/mol. The van der Waals surface area contributed by atoms with Gasteiger partial charge in [0.1, 0.15) is 3.70 Å². The zero-order chi connectivity index (χ0) is 8.77. The van der Waals surface area contributed by atoms with E-state index in [1.54, 1.807) is 12.1 Å². The molecule has 2 N–H and O–H groups in total. The summed E-state index contributed by atoms with van der Waals surface area (Å²) in [5, 5.41) is 0. The van der Waals surface area contributed by atoms with Gasteiger partial charge in [0.2, 0.25) is 0 Å². The van der Waals surface area contributed by atoms with Gasteiger partial charge in [-0.15, -0.1) is 0 Å². The number of aromatic nitrogens is 1. The number of anilines is 1. The summed E-state index contributed by atoms with van der Waals surface area (Å²) < 4.78 is 14.2. The molecule has 1 saturated carbocycles. The van der Waals surface area contributed by atoms with Crippen LogP contribution in [-0.4, -0.2) is 4.98 Å². The Bertz CT molecular complexity index is 303. The molecule has 0 aliphatic heterocycles. The van der Waals surface area contributed by atoms with E-state index in [2.05, 4.69) is 4.98 Å². The van der Waals surface area contributed by atoms with Crippen molar-refractivity contribution in [2.24, 2.45) is 0 Å². The number of hydrogen-bond donors (Lipinski definition) is 1. The van der Waals surface area contributed by atoms with Gasteiger partial charge in [0.15, 0.2) is 5.67 Å². The van der Waals surface area contributed by atoms with Gasteiger partial charge in [-0.1, -0.05) is 0 Å². The van der Waals surface area contributed by atoms with Gasteiger partial charge < -0.3 is 5.73 Å². The first-order valence-electron chi connectivity index (χ1n) is 3.73. The third-order valence-corrected chi connectivity index (χ3v) is 2.52. The minimum absolute atomic E-state index is 0.493. The third-order valence-electron chi connectivity index (χ3n) is 1.96. The first-order valence-corrected chi connectivity index (χ1v) is 4.80. The van der Waals surface area contributed by atoms with Crippen molar-refractivity contribution >= 4 is 28.3 Å². The fourth-order valence-corrected chi connectivity index (χ4v) is 1.73. The highest BCUT2D eigenvalue weighted by Crippen LogP contribution is 2.49. The minimum Gasteiger partial charge on any atom is -0.399 e. The lowest BCUT2D eigenvalue weighted by Crippen LogP contribution is -2.03. The van der Waals surface area contributed by atoms with Crippen molar-refractivity contribution in [2.75, 3.05) is 5.73 Å². The van der Waals surface area contributed by atoms with Crippen LogP contribution in [0.15, 0.2) is 12.1 Å². The summed E-state index contributed by atoms with van der Waals surface area (Å²) in [6.45, 7) is 0. The molecular formula is C8H8FIN2. The number of nitrogens with two attached hydrogens (primary N) is 1. The summed E-state index contributed by atoms with van der Waals surface area (Å²) in [5.41, 5.74) is 5.48. The topological polar surface area (TPSA) is 38.9 Å². The molecule has 0 amide bonds. The highest BCUT2D eigenvalue weighted by molar-refractivity contribution is 14.1. The van der Waals surface area contributed by atoms with Gasteiger partial charge >= 0.3 is 0 Å². The Balaban J connectivity index is 2.44. The molecule has 0 spiro atoms. The van der Waals surface area contributed by atoms with Gasteiger partial charge in [-0.2, -0.15) is 0 Å². The molecule has 0 bridgehead atoms.